The van der Waals surface area contributed by atoms with E-state index in [0.29, 0.717) is 31.9 Å². The number of morpholine rings is 1. The molecular weight excluding hydrogens is 290 g/mol. The van der Waals surface area contributed by atoms with Crippen LogP contribution in [0.5, 0.6) is 5.75 Å². The van der Waals surface area contributed by atoms with Crippen LogP contribution in [-0.4, -0.2) is 36.6 Å². The Hall–Kier alpha value is -2.33. The molecule has 2 aromatic carbocycles. The number of para-hydroxylation sites is 1. The topological polar surface area (TPSA) is 38.8 Å². The van der Waals surface area contributed by atoms with E-state index in [-0.39, 0.29) is 12.0 Å². The number of carbonyl (C=O) groups excluding carboxylic acids is 1. The Morgan fingerprint density at radius 2 is 1.91 bits per heavy atom. The molecule has 4 nitrogen and oxygen atoms in total. The second kappa shape index (κ2) is 7.29. The third-order valence-electron chi connectivity index (χ3n) is 3.88. The van der Waals surface area contributed by atoms with Crippen LogP contribution in [0.2, 0.25) is 0 Å². The molecule has 4 heteroatoms. The van der Waals surface area contributed by atoms with Crippen LogP contribution in [0.3, 0.4) is 0 Å². The first-order chi connectivity index (χ1) is 11.2. The van der Waals surface area contributed by atoms with E-state index in [1.54, 1.807) is 0 Å². The average Bonchev–Trinajstić information content (AvgIpc) is 2.61. The molecular formula is C19H21NO3. The van der Waals surface area contributed by atoms with Crippen LogP contribution < -0.4 is 4.74 Å². The summed E-state index contributed by atoms with van der Waals surface area (Å²) in [5.41, 5.74) is 1.75. The lowest BCUT2D eigenvalue weighted by molar-refractivity contribution is -0.0124. The number of nitrogens with zero attached hydrogens (tertiary/aromatic N) is 1. The van der Waals surface area contributed by atoms with Gasteiger partial charge in [0.05, 0.1) is 12.7 Å². The maximum atomic E-state index is 12.5. The van der Waals surface area contributed by atoms with Crippen LogP contribution in [0.1, 0.15) is 22.8 Å². The van der Waals surface area contributed by atoms with Crippen molar-refractivity contribution < 1.29 is 14.3 Å². The Morgan fingerprint density at radius 3 is 2.61 bits per heavy atom. The van der Waals surface area contributed by atoms with E-state index < -0.39 is 0 Å². The zero-order chi connectivity index (χ0) is 16.1. The number of amides is 1. The number of ether oxygens (including phenoxy) is 2. The van der Waals surface area contributed by atoms with Crippen LogP contribution in [-0.2, 0) is 11.3 Å². The Balaban J connectivity index is 1.59. The largest absolute Gasteiger partial charge is 0.489 e. The first-order valence-electron chi connectivity index (χ1n) is 7.90. The van der Waals surface area contributed by atoms with Gasteiger partial charge in [-0.15, -0.1) is 0 Å². The number of hydrogen-bond donors (Lipinski definition) is 0. The molecule has 3 rings (SSSR count). The highest BCUT2D eigenvalue weighted by molar-refractivity contribution is 5.94. The summed E-state index contributed by atoms with van der Waals surface area (Å²) in [6.45, 7) is 4.40. The minimum atomic E-state index is 0.0654. The molecule has 0 aromatic heterocycles. The molecule has 1 aliphatic rings. The van der Waals surface area contributed by atoms with Crippen LogP contribution in [0.15, 0.2) is 54.6 Å². The standard InChI is InChI=1S/C19H21NO3/c1-15-13-20(11-12-22-15)19(21)17-9-7-16(8-10-17)14-23-18-5-3-2-4-6-18/h2-10,15H,11-14H2,1H3. The van der Waals surface area contributed by atoms with E-state index in [1.165, 1.54) is 0 Å². The highest BCUT2D eigenvalue weighted by Gasteiger charge is 2.22. The van der Waals surface area contributed by atoms with Crippen molar-refractivity contribution in [2.75, 3.05) is 19.7 Å². The summed E-state index contributed by atoms with van der Waals surface area (Å²) >= 11 is 0. The van der Waals surface area contributed by atoms with Gasteiger partial charge in [0.1, 0.15) is 12.4 Å². The predicted octanol–water partition coefficient (Wildman–Crippen LogP) is 3.13. The van der Waals surface area contributed by atoms with Crippen molar-refractivity contribution in [2.24, 2.45) is 0 Å². The SMILES string of the molecule is CC1CN(C(=O)c2ccc(COc3ccccc3)cc2)CCO1. The normalized spacial score (nSPS) is 17.8. The highest BCUT2D eigenvalue weighted by Crippen LogP contribution is 2.14. The van der Waals surface area contributed by atoms with E-state index in [0.717, 1.165) is 11.3 Å². The Labute approximate surface area is 136 Å². The van der Waals surface area contributed by atoms with Crippen LogP contribution in [0.4, 0.5) is 0 Å². The van der Waals surface area contributed by atoms with Gasteiger partial charge in [0.15, 0.2) is 0 Å². The fourth-order valence-corrected chi connectivity index (χ4v) is 2.61. The zero-order valence-corrected chi connectivity index (χ0v) is 13.3. The third-order valence-corrected chi connectivity index (χ3v) is 3.88. The van der Waals surface area contributed by atoms with Crippen LogP contribution in [0, 0.1) is 0 Å². The van der Waals surface area contributed by atoms with Crippen LogP contribution >= 0.6 is 0 Å². The maximum Gasteiger partial charge on any atom is 0.254 e. The number of hydrogen-bond acceptors (Lipinski definition) is 3. The third kappa shape index (κ3) is 4.11. The quantitative estimate of drug-likeness (QED) is 0.871. The first kappa shape index (κ1) is 15.6. The van der Waals surface area contributed by atoms with E-state index in [4.69, 9.17) is 9.47 Å². The van der Waals surface area contributed by atoms with E-state index in [9.17, 15) is 4.79 Å². The Bertz CT molecular complexity index is 639. The summed E-state index contributed by atoms with van der Waals surface area (Å²) in [5, 5.41) is 0. The minimum Gasteiger partial charge on any atom is -0.489 e. The van der Waals surface area contributed by atoms with Crippen molar-refractivity contribution >= 4 is 5.91 Å². The molecule has 1 heterocycles. The van der Waals surface area contributed by atoms with Gasteiger partial charge in [0, 0.05) is 18.7 Å². The molecule has 1 unspecified atom stereocenters. The summed E-state index contributed by atoms with van der Waals surface area (Å²) in [4.78, 5) is 14.3. The van der Waals surface area contributed by atoms with Gasteiger partial charge >= 0.3 is 0 Å². The molecule has 0 spiro atoms. The molecule has 1 saturated heterocycles. The van der Waals surface area contributed by atoms with Gasteiger partial charge in [0.25, 0.3) is 5.91 Å². The van der Waals surface area contributed by atoms with Gasteiger partial charge in [-0.2, -0.15) is 0 Å². The van der Waals surface area contributed by atoms with E-state index in [1.807, 2.05) is 66.4 Å². The molecule has 2 aromatic rings. The first-order valence-corrected chi connectivity index (χ1v) is 7.90. The van der Waals surface area contributed by atoms with Crippen molar-refractivity contribution in [3.63, 3.8) is 0 Å². The molecule has 0 saturated carbocycles. The fraction of sp³-hybridized carbons (Fsp3) is 0.316. The van der Waals surface area contributed by atoms with Gasteiger partial charge < -0.3 is 14.4 Å². The molecule has 0 aliphatic carbocycles. The van der Waals surface area contributed by atoms with Crippen molar-refractivity contribution in [3.05, 3.63) is 65.7 Å². The Morgan fingerprint density at radius 1 is 1.17 bits per heavy atom. The summed E-state index contributed by atoms with van der Waals surface area (Å²) in [7, 11) is 0. The number of benzene rings is 2. The molecule has 120 valence electrons. The van der Waals surface area contributed by atoms with Gasteiger partial charge in [-0.25, -0.2) is 0 Å². The van der Waals surface area contributed by atoms with Crippen molar-refractivity contribution in [2.45, 2.75) is 19.6 Å². The van der Waals surface area contributed by atoms with Crippen molar-refractivity contribution in [3.8, 4) is 5.75 Å². The predicted molar refractivity (Wildman–Crippen MR) is 88.5 cm³/mol. The smallest absolute Gasteiger partial charge is 0.254 e. The second-order valence-corrected chi connectivity index (χ2v) is 5.73. The summed E-state index contributed by atoms with van der Waals surface area (Å²) in [6.07, 6.45) is 0.103. The van der Waals surface area contributed by atoms with E-state index in [2.05, 4.69) is 0 Å². The highest BCUT2D eigenvalue weighted by atomic mass is 16.5. The van der Waals surface area contributed by atoms with E-state index >= 15 is 0 Å². The maximum absolute atomic E-state index is 12.5. The Kier molecular flexibility index (Phi) is 4.93. The lowest BCUT2D eigenvalue weighted by Gasteiger charge is -2.31. The lowest BCUT2D eigenvalue weighted by atomic mass is 10.1. The zero-order valence-electron chi connectivity index (χ0n) is 13.3. The summed E-state index contributed by atoms with van der Waals surface area (Å²) in [5.74, 6) is 0.908. The lowest BCUT2D eigenvalue weighted by Crippen LogP contribution is -2.44. The molecule has 0 radical (unpaired) electrons. The summed E-state index contributed by atoms with van der Waals surface area (Å²) in [6, 6.07) is 17.3. The molecule has 1 atom stereocenters. The fourth-order valence-electron chi connectivity index (χ4n) is 2.61. The second-order valence-electron chi connectivity index (χ2n) is 5.73. The van der Waals surface area contributed by atoms with Crippen molar-refractivity contribution in [1.29, 1.82) is 0 Å². The monoisotopic (exact) mass is 311 g/mol. The number of rotatable bonds is 4. The molecule has 1 fully saturated rings. The van der Waals surface area contributed by atoms with Gasteiger partial charge in [0.2, 0.25) is 0 Å². The molecule has 1 aliphatic heterocycles. The molecule has 0 N–H and O–H groups in total. The van der Waals surface area contributed by atoms with Crippen molar-refractivity contribution in [1.82, 2.24) is 4.90 Å². The average molecular weight is 311 g/mol. The molecule has 23 heavy (non-hydrogen) atoms. The molecule has 0 bridgehead atoms. The number of carbonyl (C=O) groups is 1. The van der Waals surface area contributed by atoms with Gasteiger partial charge in [-0.3, -0.25) is 4.79 Å². The van der Waals surface area contributed by atoms with Gasteiger partial charge in [-0.1, -0.05) is 30.3 Å². The summed E-state index contributed by atoms with van der Waals surface area (Å²) < 4.78 is 11.2. The minimum absolute atomic E-state index is 0.0654. The van der Waals surface area contributed by atoms with Crippen LogP contribution in [0.25, 0.3) is 0 Å². The molecule has 1 amide bonds. The van der Waals surface area contributed by atoms with Gasteiger partial charge in [-0.05, 0) is 36.8 Å².